The van der Waals surface area contributed by atoms with Crippen molar-refractivity contribution in [2.45, 2.75) is 6.92 Å². The second-order valence-corrected chi connectivity index (χ2v) is 16.0. The summed E-state index contributed by atoms with van der Waals surface area (Å²) < 4.78 is 9.62. The van der Waals surface area contributed by atoms with E-state index in [2.05, 4.69) is 171 Å². The van der Waals surface area contributed by atoms with Crippen molar-refractivity contribution in [3.05, 3.63) is 182 Å². The van der Waals surface area contributed by atoms with Crippen molar-refractivity contribution in [1.29, 1.82) is 0 Å². The van der Waals surface area contributed by atoms with Crippen molar-refractivity contribution in [2.75, 3.05) is 0 Å². The van der Waals surface area contributed by atoms with Crippen LogP contribution >= 0.6 is 11.3 Å². The van der Waals surface area contributed by atoms with Gasteiger partial charge in [0.1, 0.15) is 11.2 Å². The van der Waals surface area contributed by atoms with Gasteiger partial charge in [-0.3, -0.25) is 0 Å². The van der Waals surface area contributed by atoms with Gasteiger partial charge in [-0.1, -0.05) is 152 Å². The molecule has 2 nitrogen and oxygen atoms in total. The Bertz CT molecular complexity index is 3670. The smallest absolute Gasteiger partial charge is 0.143 e. The number of furan rings is 1. The molecule has 9 aromatic carbocycles. The van der Waals surface area contributed by atoms with Crippen LogP contribution in [0.1, 0.15) is 11.1 Å². The van der Waals surface area contributed by atoms with E-state index in [9.17, 15) is 0 Å². The number of fused-ring (bicyclic) bond motifs is 14. The summed E-state index contributed by atoms with van der Waals surface area (Å²) in [6.45, 7) is 6.11. The SMILES string of the molecule is C=C/C=C\c1ccc2oc3c(-c4c5ccccc5c(-c5nc6ccccc6c6c5ccc5c7ccccc7sc56)c5ccccc45)cc4ccccc4c3c2c1C. The molecule has 12 rings (SSSR count). The summed E-state index contributed by atoms with van der Waals surface area (Å²) in [5.41, 5.74) is 9.55. The van der Waals surface area contributed by atoms with Crippen molar-refractivity contribution in [3.63, 3.8) is 0 Å². The van der Waals surface area contributed by atoms with Gasteiger partial charge in [-0.15, -0.1) is 11.3 Å². The first kappa shape index (κ1) is 32.2. The van der Waals surface area contributed by atoms with E-state index in [1.165, 1.54) is 63.6 Å². The molecule has 0 radical (unpaired) electrons. The zero-order valence-electron chi connectivity index (χ0n) is 31.1. The van der Waals surface area contributed by atoms with Gasteiger partial charge in [-0.2, -0.15) is 0 Å². The molecule has 3 heteroatoms. The van der Waals surface area contributed by atoms with Gasteiger partial charge in [-0.25, -0.2) is 4.98 Å². The van der Waals surface area contributed by atoms with Crippen LogP contribution in [0.3, 0.4) is 0 Å². The first-order valence-electron chi connectivity index (χ1n) is 19.4. The molecular formula is C54H33NOS. The van der Waals surface area contributed by atoms with E-state index in [1.54, 1.807) is 0 Å². The van der Waals surface area contributed by atoms with E-state index in [1.807, 2.05) is 23.5 Å². The zero-order chi connectivity index (χ0) is 37.8. The highest BCUT2D eigenvalue weighted by molar-refractivity contribution is 7.26. The van der Waals surface area contributed by atoms with Crippen LogP contribution in [0.2, 0.25) is 0 Å². The van der Waals surface area contributed by atoms with Crippen LogP contribution in [0.15, 0.2) is 175 Å². The first-order chi connectivity index (χ1) is 28.2. The summed E-state index contributed by atoms with van der Waals surface area (Å²) >= 11 is 1.88. The lowest BCUT2D eigenvalue weighted by molar-refractivity contribution is 0.670. The fraction of sp³-hybridized carbons (Fsp3) is 0.0185. The summed E-state index contributed by atoms with van der Waals surface area (Å²) in [6.07, 6.45) is 5.95. The van der Waals surface area contributed by atoms with Gasteiger partial charge < -0.3 is 4.42 Å². The Hall–Kier alpha value is -7.07. The minimum absolute atomic E-state index is 0.889. The fourth-order valence-electron chi connectivity index (χ4n) is 9.51. The van der Waals surface area contributed by atoms with Gasteiger partial charge in [0.2, 0.25) is 0 Å². The van der Waals surface area contributed by atoms with Crippen LogP contribution in [0.25, 0.3) is 125 Å². The molecule has 0 atom stereocenters. The molecule has 0 bridgehead atoms. The predicted molar refractivity (Wildman–Crippen MR) is 247 cm³/mol. The Morgan fingerprint density at radius 2 is 1.19 bits per heavy atom. The minimum Gasteiger partial charge on any atom is -0.455 e. The minimum atomic E-state index is 0.889. The number of thiophene rings is 1. The molecule has 0 aliphatic rings. The second kappa shape index (κ2) is 12.2. The molecule has 0 N–H and O–H groups in total. The van der Waals surface area contributed by atoms with Gasteiger partial charge in [0.25, 0.3) is 0 Å². The number of nitrogens with zero attached hydrogens (tertiary/aromatic N) is 1. The number of rotatable bonds is 4. The third-order valence-corrected chi connectivity index (χ3v) is 13.2. The summed E-state index contributed by atoms with van der Waals surface area (Å²) in [4.78, 5) is 5.57. The molecule has 0 unspecified atom stereocenters. The van der Waals surface area contributed by atoms with Crippen LogP contribution in [-0.2, 0) is 0 Å². The third kappa shape index (κ3) is 4.55. The van der Waals surface area contributed by atoms with Gasteiger partial charge in [0.15, 0.2) is 0 Å². The Labute approximate surface area is 332 Å². The molecule has 3 aromatic heterocycles. The average Bonchev–Trinajstić information content (AvgIpc) is 3.85. The number of aromatic nitrogens is 1. The van der Waals surface area contributed by atoms with Gasteiger partial charge in [0, 0.05) is 63.8 Å². The highest BCUT2D eigenvalue weighted by Crippen LogP contribution is 2.51. The van der Waals surface area contributed by atoms with Crippen LogP contribution in [0.4, 0.5) is 0 Å². The third-order valence-electron chi connectivity index (χ3n) is 12.0. The van der Waals surface area contributed by atoms with Crippen molar-refractivity contribution < 1.29 is 4.42 Å². The molecule has 12 aromatic rings. The van der Waals surface area contributed by atoms with E-state index < -0.39 is 0 Å². The van der Waals surface area contributed by atoms with E-state index in [4.69, 9.17) is 9.40 Å². The Morgan fingerprint density at radius 3 is 1.95 bits per heavy atom. The van der Waals surface area contributed by atoms with Crippen LogP contribution in [-0.4, -0.2) is 4.98 Å². The molecule has 0 saturated carbocycles. The van der Waals surface area contributed by atoms with Gasteiger partial charge in [-0.05, 0) is 74.6 Å². The quantitative estimate of drug-likeness (QED) is 0.102. The van der Waals surface area contributed by atoms with Gasteiger partial charge >= 0.3 is 0 Å². The summed E-state index contributed by atoms with van der Waals surface area (Å²) in [5, 5.41) is 15.5. The van der Waals surface area contributed by atoms with Gasteiger partial charge in [0.05, 0.1) is 11.2 Å². The molecule has 0 aliphatic heterocycles. The van der Waals surface area contributed by atoms with Crippen molar-refractivity contribution in [2.24, 2.45) is 0 Å². The normalized spacial score (nSPS) is 12.3. The maximum atomic E-state index is 7.02. The lowest BCUT2D eigenvalue weighted by Gasteiger charge is -2.19. The Balaban J connectivity index is 1.24. The molecule has 0 saturated heterocycles. The zero-order valence-corrected chi connectivity index (χ0v) is 32.0. The molecule has 3 heterocycles. The van der Waals surface area contributed by atoms with Crippen molar-refractivity contribution in [3.8, 4) is 22.4 Å². The highest BCUT2D eigenvalue weighted by Gasteiger charge is 2.25. The molecular weight excluding hydrogens is 711 g/mol. The lowest BCUT2D eigenvalue weighted by atomic mass is 9.84. The monoisotopic (exact) mass is 743 g/mol. The second-order valence-electron chi connectivity index (χ2n) is 15.0. The topological polar surface area (TPSA) is 26.0 Å². The predicted octanol–water partition coefficient (Wildman–Crippen LogP) is 16.0. The number of allylic oxidation sites excluding steroid dienone is 2. The van der Waals surface area contributed by atoms with Crippen molar-refractivity contribution in [1.82, 2.24) is 4.98 Å². The van der Waals surface area contributed by atoms with E-state index in [-0.39, 0.29) is 0 Å². The number of hydrogen-bond donors (Lipinski definition) is 0. The van der Waals surface area contributed by atoms with E-state index in [0.717, 1.165) is 66.0 Å². The maximum absolute atomic E-state index is 7.02. The largest absolute Gasteiger partial charge is 0.455 e. The molecule has 266 valence electrons. The number of pyridine rings is 1. The van der Waals surface area contributed by atoms with Crippen LogP contribution < -0.4 is 0 Å². The molecule has 57 heavy (non-hydrogen) atoms. The van der Waals surface area contributed by atoms with E-state index >= 15 is 0 Å². The molecule has 0 spiro atoms. The van der Waals surface area contributed by atoms with Crippen LogP contribution in [0.5, 0.6) is 0 Å². The summed E-state index contributed by atoms with van der Waals surface area (Å²) in [7, 11) is 0. The Kier molecular flexibility index (Phi) is 6.90. The first-order valence-corrected chi connectivity index (χ1v) is 20.2. The highest BCUT2D eigenvalue weighted by atomic mass is 32.1. The fourth-order valence-corrected chi connectivity index (χ4v) is 10.8. The summed E-state index contributed by atoms with van der Waals surface area (Å²) in [5.74, 6) is 0. The molecule has 0 amide bonds. The number of para-hydroxylation sites is 1. The average molecular weight is 744 g/mol. The molecule has 0 fully saturated rings. The maximum Gasteiger partial charge on any atom is 0.143 e. The standard InChI is InChI=1S/C54H33NOS/c1-3-4-15-32-26-29-45-47(31(32)2)51-34-17-6-5-16-33(34)30-43(53(51)56-45)48-36-19-7-9-21-38(36)49(39-22-10-8-20-37(39)48)52-42-28-27-40-35-18-12-14-25-46(35)57-54(40)50(42)41-23-11-13-24-44(41)55-52/h3-30H,1H2,2H3/b15-4-. The van der Waals surface area contributed by atoms with E-state index in [0.29, 0.717) is 0 Å². The lowest BCUT2D eigenvalue weighted by Crippen LogP contribution is -1.95. The van der Waals surface area contributed by atoms with Crippen molar-refractivity contribution >= 4 is 114 Å². The van der Waals surface area contributed by atoms with Crippen LogP contribution in [0, 0.1) is 6.92 Å². The number of hydrogen-bond acceptors (Lipinski definition) is 3. The summed E-state index contributed by atoms with van der Waals surface area (Å²) in [6, 6.07) is 55.1. The number of aryl methyl sites for hydroxylation is 1. The number of benzene rings is 9. The molecule has 0 aliphatic carbocycles. The Morgan fingerprint density at radius 1 is 0.561 bits per heavy atom.